The van der Waals surface area contributed by atoms with Crippen LogP contribution in [-0.2, 0) is 17.4 Å². The van der Waals surface area contributed by atoms with E-state index in [1.165, 1.54) is 23.5 Å². The molecular weight excluding hydrogens is 343 g/mol. The summed E-state index contributed by atoms with van der Waals surface area (Å²) in [4.78, 5) is 11.9. The third-order valence-corrected chi connectivity index (χ3v) is 3.70. The third-order valence-electron chi connectivity index (χ3n) is 3.02. The van der Waals surface area contributed by atoms with Crippen molar-refractivity contribution in [2.75, 3.05) is 5.32 Å². The Kier molecular flexibility index (Phi) is 4.34. The molecule has 5 nitrogen and oxygen atoms in total. The van der Waals surface area contributed by atoms with Gasteiger partial charge in [-0.1, -0.05) is 6.07 Å². The molecule has 3 rings (SSSR count). The molecule has 2 heterocycles. The molecule has 0 atom stereocenters. The number of benzene rings is 1. The average molecular weight is 353 g/mol. The Morgan fingerprint density at radius 2 is 2.08 bits per heavy atom. The fraction of sp³-hybridized carbons (Fsp3) is 0.133. The van der Waals surface area contributed by atoms with Gasteiger partial charge < -0.3 is 9.73 Å². The van der Waals surface area contributed by atoms with Gasteiger partial charge in [0.2, 0.25) is 17.7 Å². The normalized spacial score (nSPS) is 11.5. The van der Waals surface area contributed by atoms with Gasteiger partial charge in [-0.25, -0.2) is 0 Å². The molecule has 1 N–H and O–H groups in total. The summed E-state index contributed by atoms with van der Waals surface area (Å²) in [5, 5.41) is 13.6. The van der Waals surface area contributed by atoms with Gasteiger partial charge in [0.1, 0.15) is 6.42 Å². The maximum absolute atomic E-state index is 12.6. The molecule has 124 valence electrons. The van der Waals surface area contributed by atoms with E-state index < -0.39 is 17.6 Å². The molecule has 1 amide bonds. The number of hydrogen-bond donors (Lipinski definition) is 1. The molecule has 3 aromatic rings. The summed E-state index contributed by atoms with van der Waals surface area (Å²) in [7, 11) is 0. The fourth-order valence-electron chi connectivity index (χ4n) is 1.94. The zero-order valence-corrected chi connectivity index (χ0v) is 12.8. The lowest BCUT2D eigenvalue weighted by Crippen LogP contribution is -2.15. The van der Waals surface area contributed by atoms with Gasteiger partial charge >= 0.3 is 6.18 Å². The van der Waals surface area contributed by atoms with Crippen molar-refractivity contribution in [3.63, 3.8) is 0 Å². The second kappa shape index (κ2) is 6.44. The Balaban J connectivity index is 1.66. The van der Waals surface area contributed by atoms with E-state index in [9.17, 15) is 18.0 Å². The van der Waals surface area contributed by atoms with Gasteiger partial charge in [0.15, 0.2) is 0 Å². The van der Waals surface area contributed by atoms with Gasteiger partial charge in [-0.2, -0.15) is 24.5 Å². The van der Waals surface area contributed by atoms with Crippen molar-refractivity contribution in [2.45, 2.75) is 12.6 Å². The molecule has 9 heteroatoms. The largest absolute Gasteiger partial charge is 0.420 e. The first kappa shape index (κ1) is 16.2. The number of hydrogen-bond acceptors (Lipinski definition) is 5. The van der Waals surface area contributed by atoms with Crippen LogP contribution in [0.25, 0.3) is 11.5 Å². The van der Waals surface area contributed by atoms with E-state index >= 15 is 0 Å². The Hall–Kier alpha value is -2.68. The summed E-state index contributed by atoms with van der Waals surface area (Å²) < 4.78 is 43.3. The second-order valence-electron chi connectivity index (χ2n) is 4.82. The molecule has 1 aromatic carbocycles. The lowest BCUT2D eigenvalue weighted by molar-refractivity contribution is -0.137. The maximum Gasteiger partial charge on any atom is 0.416 e. The van der Waals surface area contributed by atoms with Crippen molar-refractivity contribution in [1.29, 1.82) is 0 Å². The lowest BCUT2D eigenvalue weighted by atomic mass is 10.2. The van der Waals surface area contributed by atoms with E-state index in [-0.39, 0.29) is 23.9 Å². The molecule has 0 fully saturated rings. The van der Waals surface area contributed by atoms with Gasteiger partial charge in [-0.05, 0) is 29.6 Å². The summed E-state index contributed by atoms with van der Waals surface area (Å²) >= 11 is 1.46. The zero-order chi connectivity index (χ0) is 17.2. The van der Waals surface area contributed by atoms with Crippen LogP contribution < -0.4 is 5.32 Å². The SMILES string of the molecule is O=C(Cc1nnc(-c2ccsc2)o1)Nc1cccc(C(F)(F)F)c1. The minimum absolute atomic E-state index is 0.0485. The number of aromatic nitrogens is 2. The first-order valence-electron chi connectivity index (χ1n) is 6.74. The average Bonchev–Trinajstić information content (AvgIpc) is 3.17. The van der Waals surface area contributed by atoms with E-state index in [2.05, 4.69) is 15.5 Å². The molecular formula is C15H10F3N3O2S. The topological polar surface area (TPSA) is 68.0 Å². The van der Waals surface area contributed by atoms with Crippen LogP contribution in [-0.4, -0.2) is 16.1 Å². The molecule has 0 spiro atoms. The van der Waals surface area contributed by atoms with Crippen LogP contribution in [0, 0.1) is 0 Å². The van der Waals surface area contributed by atoms with Gasteiger partial charge in [0.05, 0.1) is 5.56 Å². The van der Waals surface area contributed by atoms with Crippen molar-refractivity contribution in [1.82, 2.24) is 10.2 Å². The number of alkyl halides is 3. The van der Waals surface area contributed by atoms with Crippen molar-refractivity contribution in [3.05, 3.63) is 52.5 Å². The van der Waals surface area contributed by atoms with Gasteiger partial charge in [0, 0.05) is 16.6 Å². The number of carbonyl (C=O) groups is 1. The zero-order valence-electron chi connectivity index (χ0n) is 12.0. The molecule has 0 unspecified atom stereocenters. The monoisotopic (exact) mass is 353 g/mol. The summed E-state index contributed by atoms with van der Waals surface area (Å²) in [6.07, 6.45) is -4.70. The first-order chi connectivity index (χ1) is 11.4. The highest BCUT2D eigenvalue weighted by Crippen LogP contribution is 2.30. The highest BCUT2D eigenvalue weighted by molar-refractivity contribution is 7.08. The first-order valence-corrected chi connectivity index (χ1v) is 7.68. The Morgan fingerprint density at radius 1 is 1.25 bits per heavy atom. The third kappa shape index (κ3) is 3.80. The summed E-state index contributed by atoms with van der Waals surface area (Å²) in [6, 6.07) is 6.19. The molecule has 2 aromatic heterocycles. The Labute approximate surface area is 138 Å². The van der Waals surface area contributed by atoms with Crippen molar-refractivity contribution in [2.24, 2.45) is 0 Å². The number of amides is 1. The van der Waals surface area contributed by atoms with Crippen molar-refractivity contribution < 1.29 is 22.4 Å². The Morgan fingerprint density at radius 3 is 2.79 bits per heavy atom. The van der Waals surface area contributed by atoms with E-state index in [1.54, 1.807) is 6.07 Å². The molecule has 0 saturated heterocycles. The van der Waals surface area contributed by atoms with Crippen LogP contribution in [0.3, 0.4) is 0 Å². The highest BCUT2D eigenvalue weighted by atomic mass is 32.1. The van der Waals surface area contributed by atoms with Crippen LogP contribution in [0.5, 0.6) is 0 Å². The minimum Gasteiger partial charge on any atom is -0.420 e. The number of nitrogens with zero attached hydrogens (tertiary/aromatic N) is 2. The quantitative estimate of drug-likeness (QED) is 0.770. The fourth-order valence-corrected chi connectivity index (χ4v) is 2.57. The summed E-state index contributed by atoms with van der Waals surface area (Å²) in [5.41, 5.74) is -0.0396. The molecule has 0 saturated carbocycles. The maximum atomic E-state index is 12.6. The van der Waals surface area contributed by atoms with E-state index in [1.807, 2.05) is 10.8 Å². The smallest absolute Gasteiger partial charge is 0.416 e. The Bertz CT molecular complexity index is 844. The van der Waals surface area contributed by atoms with E-state index in [0.29, 0.717) is 0 Å². The van der Waals surface area contributed by atoms with Crippen LogP contribution in [0.4, 0.5) is 18.9 Å². The number of anilines is 1. The molecule has 0 aliphatic rings. The van der Waals surface area contributed by atoms with Crippen LogP contribution >= 0.6 is 11.3 Å². The number of thiophene rings is 1. The molecule has 0 aliphatic heterocycles. The number of halogens is 3. The number of rotatable bonds is 4. The molecule has 24 heavy (non-hydrogen) atoms. The minimum atomic E-state index is -4.47. The standard InChI is InChI=1S/C15H10F3N3O2S/c16-15(17,18)10-2-1-3-11(6-10)19-12(22)7-13-20-21-14(23-13)9-4-5-24-8-9/h1-6,8H,7H2,(H,19,22). The van der Waals surface area contributed by atoms with Crippen LogP contribution in [0.2, 0.25) is 0 Å². The van der Waals surface area contributed by atoms with Gasteiger partial charge in [-0.15, -0.1) is 10.2 Å². The molecule has 0 radical (unpaired) electrons. The predicted molar refractivity (Wildman–Crippen MR) is 81.4 cm³/mol. The molecule has 0 bridgehead atoms. The highest BCUT2D eigenvalue weighted by Gasteiger charge is 2.30. The van der Waals surface area contributed by atoms with Crippen LogP contribution in [0.1, 0.15) is 11.5 Å². The number of carbonyl (C=O) groups excluding carboxylic acids is 1. The number of nitrogens with one attached hydrogen (secondary N) is 1. The van der Waals surface area contributed by atoms with E-state index in [4.69, 9.17) is 4.42 Å². The second-order valence-corrected chi connectivity index (χ2v) is 5.60. The molecule has 0 aliphatic carbocycles. The van der Waals surface area contributed by atoms with Crippen LogP contribution in [0.15, 0.2) is 45.5 Å². The van der Waals surface area contributed by atoms with Gasteiger partial charge in [-0.3, -0.25) is 4.79 Å². The predicted octanol–water partition coefficient (Wildman–Crippen LogP) is 4.00. The summed E-state index contributed by atoms with van der Waals surface area (Å²) in [5.74, 6) is -0.173. The van der Waals surface area contributed by atoms with Crippen molar-refractivity contribution in [3.8, 4) is 11.5 Å². The van der Waals surface area contributed by atoms with Crippen molar-refractivity contribution >= 4 is 22.9 Å². The lowest BCUT2D eigenvalue weighted by Gasteiger charge is -2.09. The summed E-state index contributed by atoms with van der Waals surface area (Å²) in [6.45, 7) is 0. The van der Waals surface area contributed by atoms with Gasteiger partial charge in [0.25, 0.3) is 0 Å². The van der Waals surface area contributed by atoms with E-state index in [0.717, 1.165) is 17.7 Å².